The van der Waals surface area contributed by atoms with Crippen molar-refractivity contribution in [1.29, 1.82) is 0 Å². The van der Waals surface area contributed by atoms with E-state index in [0.29, 0.717) is 0 Å². The third-order valence-electron chi connectivity index (χ3n) is 3.86. The molecule has 0 aliphatic carbocycles. The van der Waals surface area contributed by atoms with Gasteiger partial charge in [-0.25, -0.2) is 0 Å². The van der Waals surface area contributed by atoms with Gasteiger partial charge in [0.15, 0.2) is 0 Å². The van der Waals surface area contributed by atoms with E-state index >= 15 is 0 Å². The van der Waals surface area contributed by atoms with Crippen LogP contribution >= 0.6 is 15.9 Å². The average Bonchev–Trinajstić information content (AvgIpc) is 3.09. The fourth-order valence-corrected chi connectivity index (χ4v) is 3.01. The Labute approximate surface area is 127 Å². The zero-order valence-electron chi connectivity index (χ0n) is 11.3. The Morgan fingerprint density at radius 3 is 2.75 bits per heavy atom. The van der Waals surface area contributed by atoms with Crippen molar-refractivity contribution in [2.24, 2.45) is 0 Å². The van der Waals surface area contributed by atoms with Crippen LogP contribution in [0.5, 0.6) is 0 Å². The first kappa shape index (κ1) is 13.9. The van der Waals surface area contributed by atoms with Crippen molar-refractivity contribution < 1.29 is 9.52 Å². The van der Waals surface area contributed by atoms with Crippen molar-refractivity contribution in [2.75, 3.05) is 13.2 Å². The van der Waals surface area contributed by atoms with Gasteiger partial charge < -0.3 is 9.52 Å². The number of aliphatic hydroxyl groups is 1. The lowest BCUT2D eigenvalue weighted by Crippen LogP contribution is -2.31. The van der Waals surface area contributed by atoms with Gasteiger partial charge in [-0.2, -0.15) is 0 Å². The third-order valence-corrected chi connectivity index (χ3v) is 4.39. The minimum atomic E-state index is 0.236. The molecule has 2 aromatic rings. The molecule has 1 saturated heterocycles. The molecule has 106 valence electrons. The molecule has 1 N–H and O–H groups in total. The van der Waals surface area contributed by atoms with Crippen LogP contribution in [0, 0.1) is 0 Å². The molecule has 4 heteroatoms. The fraction of sp³-hybridized carbons (Fsp3) is 0.375. The van der Waals surface area contributed by atoms with Crippen molar-refractivity contribution >= 4 is 15.9 Å². The molecule has 1 aliphatic rings. The highest BCUT2D eigenvalue weighted by molar-refractivity contribution is 9.10. The van der Waals surface area contributed by atoms with Crippen molar-refractivity contribution in [1.82, 2.24) is 4.90 Å². The minimum absolute atomic E-state index is 0.236. The molecule has 0 bridgehead atoms. The number of hydrogen-bond acceptors (Lipinski definition) is 3. The molecule has 0 radical (unpaired) electrons. The molecule has 0 amide bonds. The van der Waals surface area contributed by atoms with Gasteiger partial charge in [-0.1, -0.05) is 28.1 Å². The van der Waals surface area contributed by atoms with Crippen molar-refractivity contribution in [3.05, 3.63) is 46.6 Å². The summed E-state index contributed by atoms with van der Waals surface area (Å²) in [5.74, 6) is 1.86. The van der Waals surface area contributed by atoms with Gasteiger partial charge in [0.2, 0.25) is 0 Å². The number of halogens is 1. The molecule has 1 fully saturated rings. The van der Waals surface area contributed by atoms with E-state index in [-0.39, 0.29) is 12.6 Å². The summed E-state index contributed by atoms with van der Waals surface area (Å²) in [6.07, 6.45) is 2.24. The van der Waals surface area contributed by atoms with Gasteiger partial charge in [0.1, 0.15) is 11.5 Å². The zero-order valence-corrected chi connectivity index (χ0v) is 12.8. The van der Waals surface area contributed by atoms with Crippen LogP contribution in [0.4, 0.5) is 0 Å². The first-order valence-electron chi connectivity index (χ1n) is 6.96. The second-order valence-electron chi connectivity index (χ2n) is 5.22. The van der Waals surface area contributed by atoms with Gasteiger partial charge in [0.25, 0.3) is 0 Å². The summed E-state index contributed by atoms with van der Waals surface area (Å²) in [4.78, 5) is 2.30. The van der Waals surface area contributed by atoms with E-state index in [0.717, 1.165) is 47.5 Å². The Morgan fingerprint density at radius 2 is 2.00 bits per heavy atom. The Morgan fingerprint density at radius 1 is 1.20 bits per heavy atom. The summed E-state index contributed by atoms with van der Waals surface area (Å²) in [5.41, 5.74) is 1.08. The van der Waals surface area contributed by atoms with Crippen LogP contribution < -0.4 is 0 Å². The summed E-state index contributed by atoms with van der Waals surface area (Å²) in [5, 5.41) is 9.35. The Kier molecular flexibility index (Phi) is 4.24. The summed E-state index contributed by atoms with van der Waals surface area (Å²) in [7, 11) is 0. The van der Waals surface area contributed by atoms with E-state index < -0.39 is 0 Å². The van der Waals surface area contributed by atoms with Gasteiger partial charge in [-0.05, 0) is 43.7 Å². The van der Waals surface area contributed by atoms with Crippen LogP contribution in [0.2, 0.25) is 0 Å². The van der Waals surface area contributed by atoms with Gasteiger partial charge >= 0.3 is 0 Å². The standard InChI is InChI=1S/C16H18BrNO2/c17-13-5-3-12(4-6-13)16-8-7-15(20-16)10-18-9-1-2-14(18)11-19/h3-8,14,19H,1-2,9-11H2/t14-/m0/s1. The van der Waals surface area contributed by atoms with Crippen molar-refractivity contribution in [3.63, 3.8) is 0 Å². The first-order chi connectivity index (χ1) is 9.76. The Hall–Kier alpha value is -1.10. The molecule has 1 atom stereocenters. The maximum Gasteiger partial charge on any atom is 0.134 e. The van der Waals surface area contributed by atoms with E-state index in [1.165, 1.54) is 0 Å². The van der Waals surface area contributed by atoms with Gasteiger partial charge in [0.05, 0.1) is 13.2 Å². The lowest BCUT2D eigenvalue weighted by molar-refractivity contribution is 0.146. The van der Waals surface area contributed by atoms with E-state index in [1.54, 1.807) is 0 Å². The second kappa shape index (κ2) is 6.12. The number of aliphatic hydroxyl groups excluding tert-OH is 1. The maximum atomic E-state index is 9.35. The summed E-state index contributed by atoms with van der Waals surface area (Å²) in [6.45, 7) is 2.06. The SMILES string of the molecule is OC[C@@H]1CCCN1Cc1ccc(-c2ccc(Br)cc2)o1. The number of furan rings is 1. The second-order valence-corrected chi connectivity index (χ2v) is 6.14. The highest BCUT2D eigenvalue weighted by Gasteiger charge is 2.24. The Bertz CT molecular complexity index is 564. The van der Waals surface area contributed by atoms with Crippen LogP contribution in [0.25, 0.3) is 11.3 Å². The predicted octanol–water partition coefficient (Wildman–Crippen LogP) is 3.67. The van der Waals surface area contributed by atoms with Crippen molar-refractivity contribution in [2.45, 2.75) is 25.4 Å². The molecule has 1 aromatic carbocycles. The summed E-state index contributed by atoms with van der Waals surface area (Å²) in [6, 6.07) is 12.4. The molecule has 0 spiro atoms. The number of likely N-dealkylation sites (tertiary alicyclic amines) is 1. The highest BCUT2D eigenvalue weighted by Crippen LogP contribution is 2.26. The highest BCUT2D eigenvalue weighted by atomic mass is 79.9. The maximum absolute atomic E-state index is 9.35. The zero-order chi connectivity index (χ0) is 13.9. The topological polar surface area (TPSA) is 36.6 Å². The van der Waals surface area contributed by atoms with Gasteiger partial charge in [-0.15, -0.1) is 0 Å². The normalized spacial score (nSPS) is 19.6. The molecule has 0 unspecified atom stereocenters. The van der Waals surface area contributed by atoms with E-state index in [4.69, 9.17) is 4.42 Å². The number of nitrogens with zero attached hydrogens (tertiary/aromatic N) is 1. The quantitative estimate of drug-likeness (QED) is 0.926. The number of benzene rings is 1. The number of hydrogen-bond donors (Lipinski definition) is 1. The lowest BCUT2D eigenvalue weighted by Gasteiger charge is -2.21. The minimum Gasteiger partial charge on any atom is -0.460 e. The molecule has 2 heterocycles. The van der Waals surface area contributed by atoms with Gasteiger partial charge in [0, 0.05) is 16.1 Å². The van der Waals surface area contributed by atoms with E-state index in [9.17, 15) is 5.11 Å². The fourth-order valence-electron chi connectivity index (χ4n) is 2.74. The molecule has 1 aromatic heterocycles. The summed E-state index contributed by atoms with van der Waals surface area (Å²) < 4.78 is 6.99. The van der Waals surface area contributed by atoms with Crippen LogP contribution in [0.3, 0.4) is 0 Å². The molecule has 3 nitrogen and oxygen atoms in total. The van der Waals surface area contributed by atoms with Crippen LogP contribution in [0.15, 0.2) is 45.3 Å². The molecule has 20 heavy (non-hydrogen) atoms. The van der Waals surface area contributed by atoms with Crippen LogP contribution in [-0.2, 0) is 6.54 Å². The largest absolute Gasteiger partial charge is 0.460 e. The first-order valence-corrected chi connectivity index (χ1v) is 7.75. The predicted molar refractivity (Wildman–Crippen MR) is 82.4 cm³/mol. The van der Waals surface area contributed by atoms with Gasteiger partial charge in [-0.3, -0.25) is 4.90 Å². The molecule has 0 saturated carbocycles. The smallest absolute Gasteiger partial charge is 0.134 e. The van der Waals surface area contributed by atoms with Crippen LogP contribution in [-0.4, -0.2) is 29.2 Å². The third kappa shape index (κ3) is 2.97. The van der Waals surface area contributed by atoms with Crippen molar-refractivity contribution in [3.8, 4) is 11.3 Å². The van der Waals surface area contributed by atoms with E-state index in [2.05, 4.69) is 20.8 Å². The van der Waals surface area contributed by atoms with E-state index in [1.807, 2.05) is 36.4 Å². The molecule has 3 rings (SSSR count). The van der Waals surface area contributed by atoms with Crippen LogP contribution in [0.1, 0.15) is 18.6 Å². The Balaban J connectivity index is 1.72. The average molecular weight is 336 g/mol. The monoisotopic (exact) mass is 335 g/mol. The number of rotatable bonds is 4. The summed E-state index contributed by atoms with van der Waals surface area (Å²) >= 11 is 3.44. The molecular weight excluding hydrogens is 318 g/mol. The molecule has 1 aliphatic heterocycles. The lowest BCUT2D eigenvalue weighted by atomic mass is 10.2. The molecular formula is C16H18BrNO2.